The van der Waals surface area contributed by atoms with Gasteiger partial charge >= 0.3 is 154 Å². The Morgan fingerprint density at radius 2 is 0.837 bits per heavy atom. The predicted molar refractivity (Wildman–Crippen MR) is 576 cm³/mol. The van der Waals surface area contributed by atoms with E-state index in [9.17, 15) is 62.9 Å². The normalized spacial score (nSPS) is 16.6. The van der Waals surface area contributed by atoms with Crippen molar-refractivity contribution in [2.45, 2.75) is 400 Å². The molecule has 0 spiro atoms. The number of carbonyl (C=O) groups excluding carboxylic acids is 5. The van der Waals surface area contributed by atoms with Crippen LogP contribution >= 0.6 is 11.6 Å². The number of hydrogen-bond donors (Lipinski definition) is 2. The van der Waals surface area contributed by atoms with Crippen molar-refractivity contribution < 1.29 is 217 Å². The smallest absolute Gasteiger partial charge is 0.744 e. The van der Waals surface area contributed by atoms with Crippen LogP contribution in [0.2, 0.25) is 0 Å². The van der Waals surface area contributed by atoms with Gasteiger partial charge in [-0.2, -0.15) is 0 Å². The summed E-state index contributed by atoms with van der Waals surface area (Å²) in [6.45, 7) is 39.2. The number of likely N-dealkylation sites (tertiary alicyclic amines) is 5. The number of amides is 5. The van der Waals surface area contributed by atoms with E-state index in [0.717, 1.165) is 138 Å². The van der Waals surface area contributed by atoms with Crippen LogP contribution in [-0.2, 0) is 60.7 Å². The maximum atomic E-state index is 13.2. The number of rotatable bonds is 31. The van der Waals surface area contributed by atoms with Crippen LogP contribution in [0.1, 0.15) is 355 Å². The van der Waals surface area contributed by atoms with Crippen molar-refractivity contribution in [3.63, 3.8) is 0 Å². The summed E-state index contributed by atoms with van der Waals surface area (Å²) in [5.74, 6) is 0.757. The van der Waals surface area contributed by atoms with E-state index in [0.29, 0.717) is 25.7 Å². The van der Waals surface area contributed by atoms with Gasteiger partial charge in [-0.15, -0.1) is 11.6 Å². The van der Waals surface area contributed by atoms with E-state index in [1.165, 1.54) is 48.5 Å². The Balaban J connectivity index is -0.000000179. The topological polar surface area (TPSA) is 356 Å². The number of aromatic nitrogens is 7. The van der Waals surface area contributed by atoms with Gasteiger partial charge < -0.3 is 57.3 Å². The number of nitrogens with one attached hydrogen (secondary N) is 2. The molecule has 5 amide bonds. The number of carbonyl (C=O) groups is 5. The summed E-state index contributed by atoms with van der Waals surface area (Å²) in [5.41, 5.74) is 3.86. The third kappa shape index (κ3) is 50.0. The molecule has 28 nitrogen and oxygen atoms in total. The second-order valence-electron chi connectivity index (χ2n) is 35.6. The van der Waals surface area contributed by atoms with Crippen molar-refractivity contribution in [2.24, 2.45) is 0 Å². The molecule has 7 atom stereocenters. The standard InChI is InChI=1S/C40H60N6O5S.C21H29N3O4S.C12H23ClN2O.C8H8O3S.C6H9NO.C5H6N2.14CH4.3K/c1-8-34(45-21-18-41-28-45)24-35(46-19-9-10-38(46)48)23-32(31-13-15-36(16-14-31)52(49,50)51)12-11-29(2)44-20-17-30(27-44)22-37(47)42-33-25-39(3,4)43(7)40(5,6)26-33;1-3-18(23-12-10-22-15-23)14-19(24-11-4-5-21(24)25)13-16(2)17-6-8-20(9-7-17)29(26,27)28;1-11(2)6-9(14-10(16)8-13)7-12(3,4)15(11)5;1-2-7-3-5-8(6-4-7)12(9,10)11;1-2-7-5-3-4-6(7)8;1-2-7-4-3-6-5-7;;;;;;;;;;;;;;;;;/h13-18,20-21,27-29,32-35H,8-12,19,22-26H2,1-7H3,(H,42,47)(H,49,50,51);6-10,12,15-16,18-19H,3-5,11,13-14H2,1-2H3,(H,26,27,28);9H,6-8H2,1-5H3,(H,14,16);2-6H,1H2,(H,9,10,11);2H,1,3-5H2;2-5H,1H2;14*1H4;;;/q;;;;;;;;;;;;;;;;;;;;3*+1/p-3. The quantitative estimate of drug-likeness (QED) is 0.0231. The van der Waals surface area contributed by atoms with Gasteiger partial charge in [0.05, 0.1) is 40.1 Å². The number of imidazole rings is 3. The van der Waals surface area contributed by atoms with Crippen LogP contribution in [0.3, 0.4) is 0 Å². The second kappa shape index (κ2) is 74.0. The van der Waals surface area contributed by atoms with Crippen LogP contribution in [0.25, 0.3) is 12.3 Å². The number of benzene rings is 3. The summed E-state index contributed by atoms with van der Waals surface area (Å²) in [4.78, 5) is 82.8. The number of halogens is 1. The number of piperidine rings is 2. The van der Waals surface area contributed by atoms with Crippen molar-refractivity contribution in [1.29, 1.82) is 0 Å². The summed E-state index contributed by atoms with van der Waals surface area (Å²) < 4.78 is 108. The number of alkyl halides is 1. The SMILES string of the molecule is C.C.C.C.C.C.C.C.C.C.C.C.C.C.C=CN1CCCC1=O.C=Cc1ccc(S(=O)(=O)[O-])cc1.C=Cn1ccnc1.CCC(CC(CC(C)c1ccc(S(=O)(=O)[O-])cc1)N1CCCC1=O)n1ccnc1.CCC(CC(CC(CCC(C)n1ccc(CC(=O)NC2CC(C)(C)N(C)C(C)(C)C2)c1)c1ccc(S(=O)(=O)[O-])cc1)N1CCCC1=O)n1ccnc1.CN1C(C)(C)CC(NC(=O)CCl)CC1(C)C.[K+].[K+].[K+]. The zero-order valence-electron chi connectivity index (χ0n) is 77.9. The Bertz CT molecular complexity index is 4920. The minimum atomic E-state index is -4.57. The zero-order valence-corrected chi connectivity index (χ0v) is 90.4. The fraction of sp³-hybridized carbons (Fsp3) is 0.604. The first kappa shape index (κ1) is 160. The van der Waals surface area contributed by atoms with E-state index in [1.807, 2.05) is 53.3 Å². The van der Waals surface area contributed by atoms with E-state index >= 15 is 0 Å². The Labute approximate surface area is 991 Å². The predicted octanol–water partition coefficient (Wildman–Crippen LogP) is 14.6. The molecule has 12 rings (SSSR count). The van der Waals surface area contributed by atoms with Gasteiger partial charge in [0, 0.05) is 159 Å². The van der Waals surface area contributed by atoms with Crippen LogP contribution < -0.4 is 165 Å². The average molecular weight is 2130 g/mol. The number of hydrogen-bond acceptors (Lipinski definition) is 19. The molecule has 7 unspecified atom stereocenters. The van der Waals surface area contributed by atoms with Gasteiger partial charge in [0.25, 0.3) is 0 Å². The molecule has 0 aliphatic carbocycles. The van der Waals surface area contributed by atoms with E-state index in [4.69, 9.17) is 11.6 Å². The molecule has 0 bridgehead atoms. The fourth-order valence-corrected chi connectivity index (χ4v) is 19.2. The molecule has 5 aliphatic rings. The third-order valence-corrected chi connectivity index (χ3v) is 27.9. The third-order valence-electron chi connectivity index (χ3n) is 25.1. The Morgan fingerprint density at radius 3 is 1.15 bits per heavy atom. The Hall–Kier alpha value is -4.01. The van der Waals surface area contributed by atoms with Gasteiger partial charge in [0.1, 0.15) is 36.2 Å². The first-order chi connectivity index (χ1) is 58.3. The average Bonchev–Trinajstić information content (AvgIpc) is 1.21. The maximum Gasteiger partial charge on any atom is 1.00 e. The molecule has 0 saturated carbocycles. The first-order valence-electron chi connectivity index (χ1n) is 42.9. The summed E-state index contributed by atoms with van der Waals surface area (Å²) in [5, 5.41) is 6.32. The molecule has 5 fully saturated rings. The van der Waals surface area contributed by atoms with Crippen LogP contribution in [0, 0.1) is 0 Å². The molecule has 35 heteroatoms. The molecule has 4 aromatic heterocycles. The van der Waals surface area contributed by atoms with E-state index in [1.54, 1.807) is 77.1 Å². The van der Waals surface area contributed by atoms with Crippen LogP contribution in [0.4, 0.5) is 0 Å². The summed E-state index contributed by atoms with van der Waals surface area (Å²) in [7, 11) is -9.01. The molecule has 2 N–H and O–H groups in total. The van der Waals surface area contributed by atoms with Crippen molar-refractivity contribution in [3.05, 3.63) is 196 Å². The van der Waals surface area contributed by atoms with Crippen LogP contribution in [0.15, 0.2) is 188 Å². The Kier molecular flexibility index (Phi) is 83.8. The molecular formula is C106H188ClK3N14O14S3. The van der Waals surface area contributed by atoms with Gasteiger partial charge in [-0.05, 0) is 255 Å². The molecule has 0 radical (unpaired) electrons. The van der Waals surface area contributed by atoms with Gasteiger partial charge in [0.15, 0.2) is 0 Å². The Morgan fingerprint density at radius 1 is 0.468 bits per heavy atom. The number of nitrogens with zero attached hydrogens (tertiary/aromatic N) is 12. The fourth-order valence-electron chi connectivity index (χ4n) is 17.7. The minimum Gasteiger partial charge on any atom is -0.744 e. The van der Waals surface area contributed by atoms with Gasteiger partial charge in [0.2, 0.25) is 29.5 Å². The van der Waals surface area contributed by atoms with Crippen molar-refractivity contribution >= 4 is 83.8 Å². The van der Waals surface area contributed by atoms with Crippen molar-refractivity contribution in [1.82, 2.24) is 68.4 Å². The van der Waals surface area contributed by atoms with Crippen LogP contribution in [0.5, 0.6) is 0 Å². The van der Waals surface area contributed by atoms with Crippen molar-refractivity contribution in [3.8, 4) is 0 Å². The second-order valence-corrected chi connectivity index (χ2v) is 40.0. The van der Waals surface area contributed by atoms with E-state index in [-0.39, 0.29) is 385 Å². The maximum absolute atomic E-state index is 13.2. The largest absolute Gasteiger partial charge is 1.00 e. The molecule has 5 saturated heterocycles. The van der Waals surface area contributed by atoms with E-state index < -0.39 is 30.4 Å². The summed E-state index contributed by atoms with van der Waals surface area (Å²) in [6.07, 6.45) is 40.6. The monoisotopic (exact) mass is 2130 g/mol. The van der Waals surface area contributed by atoms with E-state index in [2.05, 4.69) is 172 Å². The zero-order chi connectivity index (χ0) is 91.7. The molecule has 9 heterocycles. The van der Waals surface area contributed by atoms with Crippen molar-refractivity contribution in [2.75, 3.05) is 39.6 Å². The van der Waals surface area contributed by atoms with Crippen LogP contribution in [-0.4, -0.2) is 212 Å². The first-order valence-corrected chi connectivity index (χ1v) is 47.7. The molecule has 794 valence electrons. The van der Waals surface area contributed by atoms with Gasteiger partial charge in [-0.25, -0.2) is 40.2 Å². The minimum absolute atomic E-state index is 0. The molecular weight excluding hydrogens is 1940 g/mol. The molecule has 5 aliphatic heterocycles. The molecule has 7 aromatic rings. The van der Waals surface area contributed by atoms with Gasteiger partial charge in [-0.1, -0.05) is 187 Å². The van der Waals surface area contributed by atoms with Gasteiger partial charge in [-0.3, -0.25) is 33.8 Å². The molecule has 3 aromatic carbocycles. The summed E-state index contributed by atoms with van der Waals surface area (Å²) in [6, 6.07) is 21.1. The molecule has 141 heavy (non-hydrogen) atoms. The summed E-state index contributed by atoms with van der Waals surface area (Å²) >= 11 is 5.52.